The summed E-state index contributed by atoms with van der Waals surface area (Å²) in [5.41, 5.74) is 1.27. The van der Waals surface area contributed by atoms with Crippen molar-refractivity contribution < 1.29 is 9.66 Å². The molecule has 2 aromatic rings. The summed E-state index contributed by atoms with van der Waals surface area (Å²) in [6, 6.07) is 4.16. The maximum Gasteiger partial charge on any atom is 0.311 e. The van der Waals surface area contributed by atoms with E-state index < -0.39 is 4.92 Å². The van der Waals surface area contributed by atoms with E-state index in [4.69, 9.17) is 27.9 Å². The Labute approximate surface area is 131 Å². The lowest BCUT2D eigenvalue weighted by molar-refractivity contribution is -0.385. The Kier molecular flexibility index (Phi) is 4.69. The van der Waals surface area contributed by atoms with E-state index >= 15 is 0 Å². The summed E-state index contributed by atoms with van der Waals surface area (Å²) in [6.07, 6.45) is 0.698. The topological polar surface area (TPSA) is 70.2 Å². The third-order valence-corrected chi connectivity index (χ3v) is 3.66. The molecule has 112 valence electrons. The first kappa shape index (κ1) is 15.6. The highest BCUT2D eigenvalue weighted by Gasteiger charge is 2.18. The molecule has 0 aliphatic carbocycles. The zero-order chi connectivity index (χ0) is 15.6. The zero-order valence-corrected chi connectivity index (χ0v) is 13.0. The second-order valence-corrected chi connectivity index (χ2v) is 5.16. The minimum Gasteiger partial charge on any atom is -0.480 e. The fraction of sp³-hybridized carbons (Fsp3) is 0.308. The molecular formula is C13H13Cl2N3O3. The van der Waals surface area contributed by atoms with Crippen LogP contribution in [-0.2, 0) is 20.1 Å². The van der Waals surface area contributed by atoms with Gasteiger partial charge in [-0.3, -0.25) is 14.8 Å². The molecular weight excluding hydrogens is 317 g/mol. The Balaban J connectivity index is 2.26. The van der Waals surface area contributed by atoms with Gasteiger partial charge in [0, 0.05) is 24.2 Å². The Bertz CT molecular complexity index is 686. The van der Waals surface area contributed by atoms with Crippen LogP contribution in [0.25, 0.3) is 0 Å². The highest BCUT2D eigenvalue weighted by molar-refractivity contribution is 6.32. The summed E-state index contributed by atoms with van der Waals surface area (Å²) in [7, 11) is 1.75. The number of hydrogen-bond acceptors (Lipinski definition) is 4. The summed E-state index contributed by atoms with van der Waals surface area (Å²) in [4.78, 5) is 10.4. The van der Waals surface area contributed by atoms with E-state index in [2.05, 4.69) is 5.10 Å². The molecule has 8 heteroatoms. The minimum absolute atomic E-state index is 0.0729. The van der Waals surface area contributed by atoms with Gasteiger partial charge in [-0.15, -0.1) is 0 Å². The standard InChI is InChI=1S/C13H13Cl2N3O3/c1-3-9-13(15)11(17(2)16-9)7-21-12-6-8(14)4-5-10(12)18(19)20/h4-6H,3,7H2,1-2H3. The molecule has 0 amide bonds. The predicted octanol–water partition coefficient (Wildman–Crippen LogP) is 3.78. The van der Waals surface area contributed by atoms with Crippen LogP contribution in [0.2, 0.25) is 10.0 Å². The first-order valence-corrected chi connectivity index (χ1v) is 6.96. The van der Waals surface area contributed by atoms with Crippen LogP contribution in [0.3, 0.4) is 0 Å². The fourth-order valence-corrected chi connectivity index (χ4v) is 2.39. The molecule has 0 saturated heterocycles. The van der Waals surface area contributed by atoms with Crippen molar-refractivity contribution >= 4 is 28.9 Å². The minimum atomic E-state index is -0.520. The summed E-state index contributed by atoms with van der Waals surface area (Å²) >= 11 is 12.1. The molecule has 0 radical (unpaired) electrons. The molecule has 1 heterocycles. The van der Waals surface area contributed by atoms with Crippen LogP contribution in [0.5, 0.6) is 5.75 Å². The van der Waals surface area contributed by atoms with E-state index in [-0.39, 0.29) is 18.0 Å². The second kappa shape index (κ2) is 6.32. The number of nitro benzene ring substituents is 1. The largest absolute Gasteiger partial charge is 0.480 e. The van der Waals surface area contributed by atoms with Crippen LogP contribution < -0.4 is 4.74 Å². The van der Waals surface area contributed by atoms with Crippen molar-refractivity contribution in [2.45, 2.75) is 20.0 Å². The number of ether oxygens (including phenoxy) is 1. The Morgan fingerprint density at radius 2 is 2.14 bits per heavy atom. The number of nitrogens with zero attached hydrogens (tertiary/aromatic N) is 3. The van der Waals surface area contributed by atoms with Gasteiger partial charge in [-0.25, -0.2) is 0 Å². The molecule has 0 N–H and O–H groups in total. The molecule has 0 spiro atoms. The number of halogens is 2. The van der Waals surface area contributed by atoms with Gasteiger partial charge in [-0.1, -0.05) is 30.1 Å². The normalized spacial score (nSPS) is 10.7. The van der Waals surface area contributed by atoms with Crippen molar-refractivity contribution in [3.63, 3.8) is 0 Å². The van der Waals surface area contributed by atoms with Crippen molar-refractivity contribution in [2.75, 3.05) is 0 Å². The first-order chi connectivity index (χ1) is 9.93. The van der Waals surface area contributed by atoms with Gasteiger partial charge in [0.2, 0.25) is 0 Å². The van der Waals surface area contributed by atoms with Gasteiger partial charge in [-0.05, 0) is 12.5 Å². The van der Waals surface area contributed by atoms with Crippen LogP contribution in [0.15, 0.2) is 18.2 Å². The van der Waals surface area contributed by atoms with Crippen molar-refractivity contribution in [1.29, 1.82) is 0 Å². The fourth-order valence-electron chi connectivity index (χ4n) is 1.88. The Hall–Kier alpha value is -1.79. The maximum absolute atomic E-state index is 11.0. The summed E-state index contributed by atoms with van der Waals surface area (Å²) in [5.74, 6) is 0.0998. The van der Waals surface area contributed by atoms with Gasteiger partial charge in [-0.2, -0.15) is 5.10 Å². The third kappa shape index (κ3) is 3.28. The smallest absolute Gasteiger partial charge is 0.311 e. The highest BCUT2D eigenvalue weighted by Crippen LogP contribution is 2.31. The number of aryl methyl sites for hydroxylation is 2. The lowest BCUT2D eigenvalue weighted by atomic mass is 10.3. The Morgan fingerprint density at radius 3 is 2.71 bits per heavy atom. The summed E-state index contributed by atoms with van der Waals surface area (Å²) < 4.78 is 7.12. The van der Waals surface area contributed by atoms with Crippen LogP contribution in [0, 0.1) is 10.1 Å². The SMILES string of the molecule is CCc1nn(C)c(COc2cc(Cl)ccc2[N+](=O)[O-])c1Cl. The Morgan fingerprint density at radius 1 is 1.43 bits per heavy atom. The van der Waals surface area contributed by atoms with Gasteiger partial charge in [0.15, 0.2) is 5.75 Å². The van der Waals surface area contributed by atoms with Gasteiger partial charge in [0.05, 0.1) is 21.3 Å². The predicted molar refractivity (Wildman–Crippen MR) is 80.0 cm³/mol. The molecule has 0 unspecified atom stereocenters. The molecule has 1 aromatic carbocycles. The lowest BCUT2D eigenvalue weighted by Crippen LogP contribution is -2.05. The van der Waals surface area contributed by atoms with E-state index in [0.29, 0.717) is 22.2 Å². The lowest BCUT2D eigenvalue weighted by Gasteiger charge is -2.08. The van der Waals surface area contributed by atoms with Crippen LogP contribution in [0.1, 0.15) is 18.3 Å². The summed E-state index contributed by atoms with van der Waals surface area (Å²) in [5, 5.41) is 16.1. The van der Waals surface area contributed by atoms with E-state index in [9.17, 15) is 10.1 Å². The third-order valence-electron chi connectivity index (χ3n) is 2.99. The van der Waals surface area contributed by atoms with Crippen LogP contribution in [-0.4, -0.2) is 14.7 Å². The molecule has 0 saturated carbocycles. The number of benzene rings is 1. The molecule has 0 bridgehead atoms. The maximum atomic E-state index is 11.0. The van der Waals surface area contributed by atoms with Crippen LogP contribution in [0.4, 0.5) is 5.69 Å². The van der Waals surface area contributed by atoms with Crippen molar-refractivity contribution in [1.82, 2.24) is 9.78 Å². The van der Waals surface area contributed by atoms with Gasteiger partial charge >= 0.3 is 5.69 Å². The van der Waals surface area contributed by atoms with Gasteiger partial charge in [0.1, 0.15) is 6.61 Å². The molecule has 0 atom stereocenters. The number of hydrogen-bond donors (Lipinski definition) is 0. The number of rotatable bonds is 5. The monoisotopic (exact) mass is 329 g/mol. The molecule has 6 nitrogen and oxygen atoms in total. The van der Waals surface area contributed by atoms with E-state index in [1.807, 2.05) is 6.92 Å². The molecule has 21 heavy (non-hydrogen) atoms. The molecule has 1 aromatic heterocycles. The van der Waals surface area contributed by atoms with E-state index in [1.54, 1.807) is 11.7 Å². The highest BCUT2D eigenvalue weighted by atomic mass is 35.5. The van der Waals surface area contributed by atoms with Gasteiger partial charge in [0.25, 0.3) is 0 Å². The summed E-state index contributed by atoms with van der Waals surface area (Å²) in [6.45, 7) is 2.02. The van der Waals surface area contributed by atoms with Crippen molar-refractivity contribution in [3.8, 4) is 5.75 Å². The van der Waals surface area contributed by atoms with E-state index in [1.165, 1.54) is 18.2 Å². The number of aromatic nitrogens is 2. The average Bonchev–Trinajstić information content (AvgIpc) is 2.71. The quantitative estimate of drug-likeness (QED) is 0.618. The van der Waals surface area contributed by atoms with Crippen LogP contribution >= 0.6 is 23.2 Å². The molecule has 2 rings (SSSR count). The van der Waals surface area contributed by atoms with Crippen molar-refractivity contribution in [2.24, 2.45) is 7.05 Å². The molecule has 0 aliphatic heterocycles. The molecule has 0 fully saturated rings. The van der Waals surface area contributed by atoms with E-state index in [0.717, 1.165) is 5.69 Å². The molecule has 0 aliphatic rings. The van der Waals surface area contributed by atoms with Gasteiger partial charge < -0.3 is 4.74 Å². The first-order valence-electron chi connectivity index (χ1n) is 6.21. The van der Waals surface area contributed by atoms with Crippen molar-refractivity contribution in [3.05, 3.63) is 49.7 Å². The average molecular weight is 330 g/mol. The second-order valence-electron chi connectivity index (χ2n) is 4.34. The number of nitro groups is 1. The zero-order valence-electron chi connectivity index (χ0n) is 11.5.